The van der Waals surface area contributed by atoms with Crippen LogP contribution in [0.4, 0.5) is 5.69 Å². The highest BCUT2D eigenvalue weighted by Crippen LogP contribution is 2.30. The minimum Gasteiger partial charge on any atom is -0.342 e. The Hall–Kier alpha value is -1.49. The van der Waals surface area contributed by atoms with Crippen molar-refractivity contribution in [1.82, 2.24) is 5.32 Å². The number of piperazine rings is 1. The minimum absolute atomic E-state index is 0.0483. The highest BCUT2D eigenvalue weighted by atomic mass is 32.2. The Kier molecular flexibility index (Phi) is 4.33. The van der Waals surface area contributed by atoms with Crippen molar-refractivity contribution >= 4 is 29.3 Å². The Morgan fingerprint density at radius 3 is 2.48 bits per heavy atom. The molecule has 0 aromatic heterocycles. The number of hydrogen-bond donors (Lipinski definition) is 1. The standard InChI is InChI=1S/C16H22N2O2S/c1-10-14(19)17-13(16(2,3)4)15(20)18(10)11-7-6-8-12(9-11)21-5/h6-10,13H,1-5H3,(H,17,19). The Balaban J connectivity index is 2.43. The van der Waals surface area contributed by atoms with E-state index in [2.05, 4.69) is 5.32 Å². The predicted octanol–water partition coefficient (Wildman–Crippen LogP) is 2.67. The van der Waals surface area contributed by atoms with Crippen molar-refractivity contribution in [2.45, 2.75) is 44.7 Å². The molecule has 2 atom stereocenters. The molecule has 2 unspecified atom stereocenters. The minimum atomic E-state index is -0.501. The molecular formula is C16H22N2O2S. The molecule has 1 aliphatic rings. The van der Waals surface area contributed by atoms with Gasteiger partial charge in [0.2, 0.25) is 5.91 Å². The molecule has 0 aliphatic carbocycles. The quantitative estimate of drug-likeness (QED) is 0.855. The van der Waals surface area contributed by atoms with Crippen molar-refractivity contribution in [3.63, 3.8) is 0 Å². The summed E-state index contributed by atoms with van der Waals surface area (Å²) in [4.78, 5) is 27.8. The van der Waals surface area contributed by atoms with E-state index in [0.717, 1.165) is 10.6 Å². The number of nitrogens with one attached hydrogen (secondary N) is 1. The summed E-state index contributed by atoms with van der Waals surface area (Å²) in [5, 5.41) is 2.85. The summed E-state index contributed by atoms with van der Waals surface area (Å²) in [6.45, 7) is 7.64. The molecule has 1 N–H and O–H groups in total. The van der Waals surface area contributed by atoms with E-state index in [1.54, 1.807) is 23.6 Å². The van der Waals surface area contributed by atoms with Gasteiger partial charge in [0.25, 0.3) is 5.91 Å². The van der Waals surface area contributed by atoms with Gasteiger partial charge in [-0.3, -0.25) is 14.5 Å². The Labute approximate surface area is 130 Å². The predicted molar refractivity (Wildman–Crippen MR) is 86.6 cm³/mol. The third kappa shape index (κ3) is 3.07. The number of thioether (sulfide) groups is 1. The number of carbonyl (C=O) groups excluding carboxylic acids is 2. The number of benzene rings is 1. The molecule has 1 aromatic rings. The summed E-state index contributed by atoms with van der Waals surface area (Å²) in [6.07, 6.45) is 1.99. The van der Waals surface area contributed by atoms with Gasteiger partial charge in [0, 0.05) is 10.6 Å². The molecule has 1 fully saturated rings. The third-order valence-electron chi connectivity index (χ3n) is 3.74. The van der Waals surface area contributed by atoms with Gasteiger partial charge in [0.1, 0.15) is 12.1 Å². The van der Waals surface area contributed by atoms with E-state index in [0.29, 0.717) is 0 Å². The first kappa shape index (κ1) is 15.9. The fraction of sp³-hybridized carbons (Fsp3) is 0.500. The fourth-order valence-electron chi connectivity index (χ4n) is 2.47. The Bertz CT molecular complexity index is 566. The summed E-state index contributed by atoms with van der Waals surface area (Å²) in [6, 6.07) is 6.75. The third-order valence-corrected chi connectivity index (χ3v) is 4.46. The van der Waals surface area contributed by atoms with Crippen LogP contribution in [0.3, 0.4) is 0 Å². The molecule has 4 nitrogen and oxygen atoms in total. The topological polar surface area (TPSA) is 49.4 Å². The Morgan fingerprint density at radius 2 is 1.90 bits per heavy atom. The lowest BCUT2D eigenvalue weighted by molar-refractivity contribution is -0.136. The van der Waals surface area contributed by atoms with Gasteiger partial charge >= 0.3 is 0 Å². The highest BCUT2D eigenvalue weighted by molar-refractivity contribution is 7.98. The summed E-state index contributed by atoms with van der Waals surface area (Å²) < 4.78 is 0. The van der Waals surface area contributed by atoms with Crippen LogP contribution in [0.25, 0.3) is 0 Å². The van der Waals surface area contributed by atoms with Gasteiger partial charge in [-0.1, -0.05) is 26.8 Å². The van der Waals surface area contributed by atoms with Crippen molar-refractivity contribution in [3.05, 3.63) is 24.3 Å². The van der Waals surface area contributed by atoms with Crippen molar-refractivity contribution in [3.8, 4) is 0 Å². The van der Waals surface area contributed by atoms with E-state index in [9.17, 15) is 9.59 Å². The van der Waals surface area contributed by atoms with Gasteiger partial charge in [-0.2, -0.15) is 0 Å². The van der Waals surface area contributed by atoms with Gasteiger partial charge in [-0.15, -0.1) is 11.8 Å². The molecule has 1 aromatic carbocycles. The average molecular weight is 306 g/mol. The second kappa shape index (κ2) is 5.72. The molecule has 0 bridgehead atoms. The van der Waals surface area contributed by atoms with E-state index in [4.69, 9.17) is 0 Å². The number of nitrogens with zero attached hydrogens (tertiary/aromatic N) is 1. The van der Waals surface area contributed by atoms with Crippen LogP contribution in [0.1, 0.15) is 27.7 Å². The van der Waals surface area contributed by atoms with Gasteiger partial charge in [0.05, 0.1) is 0 Å². The van der Waals surface area contributed by atoms with Gasteiger partial charge < -0.3 is 5.32 Å². The van der Waals surface area contributed by atoms with E-state index >= 15 is 0 Å². The first-order valence-corrected chi connectivity index (χ1v) is 8.25. The van der Waals surface area contributed by atoms with Crippen LogP contribution in [0.5, 0.6) is 0 Å². The van der Waals surface area contributed by atoms with Gasteiger partial charge in [-0.05, 0) is 36.8 Å². The lowest BCUT2D eigenvalue weighted by atomic mass is 9.84. The van der Waals surface area contributed by atoms with Gasteiger partial charge in [-0.25, -0.2) is 0 Å². The summed E-state index contributed by atoms with van der Waals surface area (Å²) in [5.41, 5.74) is 0.464. The molecule has 1 saturated heterocycles. The summed E-state index contributed by atoms with van der Waals surface area (Å²) >= 11 is 1.62. The molecule has 2 amide bonds. The first-order valence-electron chi connectivity index (χ1n) is 7.03. The van der Waals surface area contributed by atoms with Crippen LogP contribution in [0.15, 0.2) is 29.2 Å². The average Bonchev–Trinajstić information content (AvgIpc) is 2.42. The molecule has 0 spiro atoms. The molecular weight excluding hydrogens is 284 g/mol. The van der Waals surface area contributed by atoms with Gasteiger partial charge in [0.15, 0.2) is 0 Å². The zero-order valence-corrected chi connectivity index (χ0v) is 14.0. The highest BCUT2D eigenvalue weighted by Gasteiger charge is 2.44. The smallest absolute Gasteiger partial charge is 0.250 e. The van der Waals surface area contributed by atoms with Crippen LogP contribution in [0.2, 0.25) is 0 Å². The van der Waals surface area contributed by atoms with Crippen LogP contribution in [-0.2, 0) is 9.59 Å². The number of carbonyl (C=O) groups is 2. The molecule has 2 rings (SSSR count). The van der Waals surface area contributed by atoms with E-state index in [1.165, 1.54) is 0 Å². The molecule has 21 heavy (non-hydrogen) atoms. The van der Waals surface area contributed by atoms with Crippen molar-refractivity contribution in [1.29, 1.82) is 0 Å². The molecule has 114 valence electrons. The van der Waals surface area contributed by atoms with Crippen molar-refractivity contribution in [2.24, 2.45) is 5.41 Å². The maximum atomic E-state index is 12.8. The number of hydrogen-bond acceptors (Lipinski definition) is 3. The summed E-state index contributed by atoms with van der Waals surface area (Å²) in [7, 11) is 0. The van der Waals surface area contributed by atoms with E-state index in [-0.39, 0.29) is 17.2 Å². The zero-order chi connectivity index (χ0) is 15.8. The van der Waals surface area contributed by atoms with Crippen LogP contribution in [-0.4, -0.2) is 30.2 Å². The second-order valence-corrected chi connectivity index (χ2v) is 7.27. The molecule has 0 radical (unpaired) electrons. The number of anilines is 1. The van der Waals surface area contributed by atoms with E-state index < -0.39 is 12.1 Å². The monoisotopic (exact) mass is 306 g/mol. The largest absolute Gasteiger partial charge is 0.342 e. The fourth-order valence-corrected chi connectivity index (χ4v) is 2.92. The van der Waals surface area contributed by atoms with E-state index in [1.807, 2.05) is 51.3 Å². The molecule has 1 heterocycles. The van der Waals surface area contributed by atoms with Crippen molar-refractivity contribution < 1.29 is 9.59 Å². The number of rotatable bonds is 2. The lowest BCUT2D eigenvalue weighted by Gasteiger charge is -2.42. The van der Waals surface area contributed by atoms with Crippen molar-refractivity contribution in [2.75, 3.05) is 11.2 Å². The first-order chi connectivity index (χ1) is 9.75. The number of amides is 2. The zero-order valence-electron chi connectivity index (χ0n) is 13.1. The normalized spacial score (nSPS) is 23.2. The maximum Gasteiger partial charge on any atom is 0.250 e. The van der Waals surface area contributed by atoms with Crippen LogP contribution in [0, 0.1) is 5.41 Å². The molecule has 5 heteroatoms. The molecule has 1 aliphatic heterocycles. The van der Waals surface area contributed by atoms with Crippen LogP contribution >= 0.6 is 11.8 Å². The lowest BCUT2D eigenvalue weighted by Crippen LogP contribution is -2.66. The molecule has 0 saturated carbocycles. The summed E-state index contributed by atoms with van der Waals surface area (Å²) in [5.74, 6) is -0.156. The SMILES string of the molecule is CSc1cccc(N2C(=O)C(C(C)(C)C)NC(=O)C2C)c1. The van der Waals surface area contributed by atoms with Crippen LogP contribution < -0.4 is 10.2 Å². The maximum absolute atomic E-state index is 12.8. The second-order valence-electron chi connectivity index (χ2n) is 6.39. The Morgan fingerprint density at radius 1 is 1.24 bits per heavy atom.